The largest absolute Gasteiger partial charge is 0.378 e. The lowest BCUT2D eigenvalue weighted by Gasteiger charge is -2.35. The van der Waals surface area contributed by atoms with Crippen LogP contribution >= 0.6 is 0 Å². The van der Waals surface area contributed by atoms with Gasteiger partial charge in [-0.3, -0.25) is 4.90 Å². The van der Waals surface area contributed by atoms with Gasteiger partial charge in [0.05, 0.1) is 13.2 Å². The van der Waals surface area contributed by atoms with Crippen LogP contribution in [0.15, 0.2) is 24.3 Å². The highest BCUT2D eigenvalue weighted by atomic mass is 16.5. The van der Waals surface area contributed by atoms with Crippen LogP contribution in [0.5, 0.6) is 0 Å². The molecule has 1 aliphatic rings. The molecule has 3 nitrogen and oxygen atoms in total. The average Bonchev–Trinajstić information content (AvgIpc) is 2.47. The Kier molecular flexibility index (Phi) is 5.83. The van der Waals surface area contributed by atoms with Gasteiger partial charge in [-0.05, 0) is 24.1 Å². The van der Waals surface area contributed by atoms with E-state index in [0.717, 1.165) is 39.4 Å². The van der Waals surface area contributed by atoms with Gasteiger partial charge >= 0.3 is 0 Å². The molecule has 0 saturated carbocycles. The molecule has 1 aromatic carbocycles. The summed E-state index contributed by atoms with van der Waals surface area (Å²) in [6.45, 7) is 10.2. The number of rotatable bonds is 6. The highest BCUT2D eigenvalue weighted by Crippen LogP contribution is 2.15. The number of hydrogen-bond acceptors (Lipinski definition) is 3. The van der Waals surface area contributed by atoms with Gasteiger partial charge in [-0.25, -0.2) is 0 Å². The number of nitrogens with zero attached hydrogens (tertiary/aromatic N) is 1. The topological polar surface area (TPSA) is 24.5 Å². The van der Waals surface area contributed by atoms with Gasteiger partial charge in [-0.1, -0.05) is 38.1 Å². The minimum absolute atomic E-state index is 0.579. The van der Waals surface area contributed by atoms with E-state index in [4.69, 9.17) is 4.74 Å². The second-order valence-corrected chi connectivity index (χ2v) is 5.20. The van der Waals surface area contributed by atoms with Gasteiger partial charge in [0.15, 0.2) is 0 Å². The van der Waals surface area contributed by atoms with Crippen LogP contribution in [0.25, 0.3) is 0 Å². The third kappa shape index (κ3) is 4.30. The van der Waals surface area contributed by atoms with E-state index in [-0.39, 0.29) is 0 Å². The number of nitrogens with one attached hydrogen (secondary N) is 1. The van der Waals surface area contributed by atoms with Gasteiger partial charge < -0.3 is 10.1 Å². The highest BCUT2D eigenvalue weighted by Gasteiger charge is 2.21. The number of benzene rings is 1. The molecule has 1 atom stereocenters. The van der Waals surface area contributed by atoms with Crippen molar-refractivity contribution in [2.75, 3.05) is 26.3 Å². The normalized spacial score (nSPS) is 20.6. The van der Waals surface area contributed by atoms with Crippen LogP contribution in [0.1, 0.15) is 31.4 Å². The average molecular weight is 262 g/mol. The van der Waals surface area contributed by atoms with Crippen molar-refractivity contribution in [3.63, 3.8) is 0 Å². The van der Waals surface area contributed by atoms with Crippen LogP contribution in [0, 0.1) is 0 Å². The first-order chi connectivity index (χ1) is 9.33. The van der Waals surface area contributed by atoms with Crippen molar-refractivity contribution in [2.45, 2.75) is 39.4 Å². The summed E-state index contributed by atoms with van der Waals surface area (Å²) in [6.07, 6.45) is 1.17. The third-order valence-corrected chi connectivity index (χ3v) is 3.81. The molecule has 1 aliphatic heterocycles. The smallest absolute Gasteiger partial charge is 0.0622 e. The molecule has 1 saturated heterocycles. The van der Waals surface area contributed by atoms with E-state index in [1.165, 1.54) is 17.5 Å². The summed E-state index contributed by atoms with van der Waals surface area (Å²) in [4.78, 5) is 2.54. The number of hydrogen-bond donors (Lipinski definition) is 1. The van der Waals surface area contributed by atoms with Gasteiger partial charge in [0.2, 0.25) is 0 Å². The van der Waals surface area contributed by atoms with E-state index in [1.807, 2.05) is 0 Å². The predicted molar refractivity (Wildman–Crippen MR) is 79.1 cm³/mol. The Labute approximate surface area is 116 Å². The van der Waals surface area contributed by atoms with E-state index >= 15 is 0 Å². The lowest BCUT2D eigenvalue weighted by Crippen LogP contribution is -2.44. The maximum atomic E-state index is 5.55. The van der Waals surface area contributed by atoms with E-state index in [0.29, 0.717) is 6.04 Å². The van der Waals surface area contributed by atoms with Gasteiger partial charge in [0, 0.05) is 25.7 Å². The molecule has 1 aromatic rings. The van der Waals surface area contributed by atoms with E-state index < -0.39 is 0 Å². The van der Waals surface area contributed by atoms with E-state index in [2.05, 4.69) is 48.3 Å². The second kappa shape index (κ2) is 7.63. The Morgan fingerprint density at radius 2 is 1.95 bits per heavy atom. The third-order valence-electron chi connectivity index (χ3n) is 3.81. The van der Waals surface area contributed by atoms with Crippen LogP contribution < -0.4 is 5.32 Å². The molecular weight excluding hydrogens is 236 g/mol. The first-order valence-corrected chi connectivity index (χ1v) is 7.43. The van der Waals surface area contributed by atoms with Crippen LogP contribution in [-0.4, -0.2) is 37.2 Å². The first kappa shape index (κ1) is 14.5. The number of ether oxygens (including phenoxy) is 1. The van der Waals surface area contributed by atoms with E-state index in [9.17, 15) is 0 Å². The summed E-state index contributed by atoms with van der Waals surface area (Å²) in [6, 6.07) is 9.57. The summed E-state index contributed by atoms with van der Waals surface area (Å²) in [7, 11) is 0. The van der Waals surface area contributed by atoms with E-state index in [1.54, 1.807) is 0 Å². The highest BCUT2D eigenvalue weighted by molar-refractivity contribution is 5.22. The molecule has 0 aliphatic carbocycles. The van der Waals surface area contributed by atoms with Gasteiger partial charge in [-0.15, -0.1) is 0 Å². The lowest BCUT2D eigenvalue weighted by molar-refractivity contribution is -0.0127. The van der Waals surface area contributed by atoms with Crippen molar-refractivity contribution < 1.29 is 4.74 Å². The standard InChI is InChI=1S/C16H26N2O/c1-3-16-13-19-10-9-18(16)12-15-7-5-14(6-8-15)11-17-4-2/h5-8,16-17H,3-4,9-13H2,1-2H3. The quantitative estimate of drug-likeness (QED) is 0.852. The monoisotopic (exact) mass is 262 g/mol. The second-order valence-electron chi connectivity index (χ2n) is 5.20. The SMILES string of the molecule is CCNCc1ccc(CN2CCOCC2CC)cc1. The Bertz CT molecular complexity index is 364. The van der Waals surface area contributed by atoms with Crippen molar-refractivity contribution in [3.8, 4) is 0 Å². The summed E-state index contributed by atoms with van der Waals surface area (Å²) in [5.74, 6) is 0. The molecular formula is C16H26N2O. The fourth-order valence-electron chi connectivity index (χ4n) is 2.54. The Morgan fingerprint density at radius 3 is 2.63 bits per heavy atom. The summed E-state index contributed by atoms with van der Waals surface area (Å²) >= 11 is 0. The van der Waals surface area contributed by atoms with Crippen molar-refractivity contribution >= 4 is 0 Å². The predicted octanol–water partition coefficient (Wildman–Crippen LogP) is 2.41. The molecule has 1 heterocycles. The number of morpholine rings is 1. The van der Waals surface area contributed by atoms with Crippen molar-refractivity contribution in [1.29, 1.82) is 0 Å². The summed E-state index contributed by atoms with van der Waals surface area (Å²) in [5, 5.41) is 3.35. The zero-order valence-electron chi connectivity index (χ0n) is 12.2. The lowest BCUT2D eigenvalue weighted by atomic mass is 10.1. The minimum atomic E-state index is 0.579. The fraction of sp³-hybridized carbons (Fsp3) is 0.625. The Balaban J connectivity index is 1.90. The molecule has 1 N–H and O–H groups in total. The fourth-order valence-corrected chi connectivity index (χ4v) is 2.54. The van der Waals surface area contributed by atoms with Crippen molar-refractivity contribution in [1.82, 2.24) is 10.2 Å². The summed E-state index contributed by atoms with van der Waals surface area (Å²) < 4.78 is 5.55. The molecule has 0 radical (unpaired) electrons. The first-order valence-electron chi connectivity index (χ1n) is 7.43. The molecule has 0 bridgehead atoms. The Hall–Kier alpha value is -0.900. The molecule has 3 heteroatoms. The zero-order chi connectivity index (χ0) is 13.5. The molecule has 106 valence electrons. The molecule has 0 spiro atoms. The minimum Gasteiger partial charge on any atom is -0.378 e. The van der Waals surface area contributed by atoms with Crippen LogP contribution in [0.3, 0.4) is 0 Å². The molecule has 1 fully saturated rings. The van der Waals surface area contributed by atoms with Crippen molar-refractivity contribution in [3.05, 3.63) is 35.4 Å². The molecule has 19 heavy (non-hydrogen) atoms. The van der Waals surface area contributed by atoms with Crippen molar-refractivity contribution in [2.24, 2.45) is 0 Å². The molecule has 0 amide bonds. The molecule has 0 aromatic heterocycles. The van der Waals surface area contributed by atoms with Crippen LogP contribution in [-0.2, 0) is 17.8 Å². The summed E-state index contributed by atoms with van der Waals surface area (Å²) in [5.41, 5.74) is 2.76. The maximum absolute atomic E-state index is 5.55. The molecule has 2 rings (SSSR count). The van der Waals surface area contributed by atoms with Crippen LogP contribution in [0.4, 0.5) is 0 Å². The Morgan fingerprint density at radius 1 is 1.21 bits per heavy atom. The van der Waals surface area contributed by atoms with Gasteiger partial charge in [-0.2, -0.15) is 0 Å². The van der Waals surface area contributed by atoms with Gasteiger partial charge in [0.25, 0.3) is 0 Å². The van der Waals surface area contributed by atoms with Crippen LogP contribution in [0.2, 0.25) is 0 Å². The molecule has 1 unspecified atom stereocenters. The maximum Gasteiger partial charge on any atom is 0.0622 e. The zero-order valence-corrected chi connectivity index (χ0v) is 12.2. The van der Waals surface area contributed by atoms with Gasteiger partial charge in [0.1, 0.15) is 0 Å².